The predicted octanol–water partition coefficient (Wildman–Crippen LogP) is 2.27. The van der Waals surface area contributed by atoms with Crippen molar-refractivity contribution >= 4 is 41.3 Å². The number of thiophene rings is 1. The summed E-state index contributed by atoms with van der Waals surface area (Å²) in [6.07, 6.45) is 0.680. The van der Waals surface area contributed by atoms with Gasteiger partial charge < -0.3 is 15.2 Å². The van der Waals surface area contributed by atoms with Crippen molar-refractivity contribution < 1.29 is 4.52 Å². The fourth-order valence-electron chi connectivity index (χ4n) is 1.70. The largest absolute Gasteiger partial charge is 0.356 e. The second kappa shape index (κ2) is 8.98. The van der Waals surface area contributed by atoms with Crippen LogP contribution in [-0.2, 0) is 13.0 Å². The van der Waals surface area contributed by atoms with Gasteiger partial charge in [0.2, 0.25) is 5.89 Å². The van der Waals surface area contributed by atoms with Crippen molar-refractivity contribution in [2.45, 2.75) is 26.8 Å². The molecule has 0 aromatic carbocycles. The number of aromatic nitrogens is 2. The maximum Gasteiger partial charge on any atom is 0.228 e. The summed E-state index contributed by atoms with van der Waals surface area (Å²) in [4.78, 5) is 10.9. The Balaban J connectivity index is 0.00000220. The van der Waals surface area contributed by atoms with E-state index in [4.69, 9.17) is 4.52 Å². The number of aliphatic imine (C=N–C) groups is 1. The fraction of sp³-hybridized carbons (Fsp3) is 0.462. The Morgan fingerprint density at radius 1 is 1.33 bits per heavy atom. The Kier molecular flexibility index (Phi) is 7.65. The topological polar surface area (TPSA) is 75.3 Å². The standard InChI is InChI=1S/C13H19N5OS.HI/c1-9-4-5-11(20-9)8-16-13(14-3)15-7-6-12-17-10(2)18-19-12;/h4-5H,6-8H2,1-3H3,(H2,14,15,16);1H. The van der Waals surface area contributed by atoms with Gasteiger partial charge in [0.25, 0.3) is 0 Å². The summed E-state index contributed by atoms with van der Waals surface area (Å²) in [5.41, 5.74) is 0. The number of guanidine groups is 1. The number of rotatable bonds is 5. The smallest absolute Gasteiger partial charge is 0.228 e. The van der Waals surface area contributed by atoms with Crippen molar-refractivity contribution in [1.29, 1.82) is 0 Å². The van der Waals surface area contributed by atoms with Crippen LogP contribution in [-0.4, -0.2) is 29.7 Å². The molecule has 8 heteroatoms. The van der Waals surface area contributed by atoms with Crippen molar-refractivity contribution in [3.8, 4) is 0 Å². The summed E-state index contributed by atoms with van der Waals surface area (Å²) >= 11 is 1.79. The minimum Gasteiger partial charge on any atom is -0.356 e. The van der Waals surface area contributed by atoms with Crippen LogP contribution in [0, 0.1) is 13.8 Å². The third kappa shape index (κ3) is 6.00. The lowest BCUT2D eigenvalue weighted by atomic mass is 10.4. The number of aryl methyl sites for hydroxylation is 2. The molecule has 0 saturated heterocycles. The first-order valence-corrected chi connectivity index (χ1v) is 7.28. The lowest BCUT2D eigenvalue weighted by Gasteiger charge is -2.10. The molecule has 0 fully saturated rings. The molecule has 2 heterocycles. The Morgan fingerprint density at radius 2 is 2.14 bits per heavy atom. The van der Waals surface area contributed by atoms with Gasteiger partial charge in [-0.3, -0.25) is 4.99 Å². The molecule has 0 aliphatic heterocycles. The van der Waals surface area contributed by atoms with Gasteiger partial charge in [-0.2, -0.15) is 4.98 Å². The first-order valence-electron chi connectivity index (χ1n) is 6.46. The molecule has 2 rings (SSSR count). The zero-order valence-corrected chi connectivity index (χ0v) is 15.5. The molecular formula is C13H20IN5OS. The Morgan fingerprint density at radius 3 is 2.71 bits per heavy atom. The lowest BCUT2D eigenvalue weighted by molar-refractivity contribution is 0.374. The molecular weight excluding hydrogens is 401 g/mol. The van der Waals surface area contributed by atoms with Crippen LogP contribution in [0.3, 0.4) is 0 Å². The van der Waals surface area contributed by atoms with Crippen LogP contribution in [0.25, 0.3) is 0 Å². The van der Waals surface area contributed by atoms with Gasteiger partial charge in [-0.25, -0.2) is 0 Å². The van der Waals surface area contributed by atoms with E-state index in [1.807, 2.05) is 6.92 Å². The highest BCUT2D eigenvalue weighted by Crippen LogP contribution is 2.14. The van der Waals surface area contributed by atoms with Crippen molar-refractivity contribution in [3.05, 3.63) is 33.6 Å². The van der Waals surface area contributed by atoms with E-state index in [9.17, 15) is 0 Å². The lowest BCUT2D eigenvalue weighted by Crippen LogP contribution is -2.37. The third-order valence-electron chi connectivity index (χ3n) is 2.65. The normalized spacial score (nSPS) is 11.1. The van der Waals surface area contributed by atoms with Crippen LogP contribution in [0.2, 0.25) is 0 Å². The van der Waals surface area contributed by atoms with E-state index < -0.39 is 0 Å². The summed E-state index contributed by atoms with van der Waals surface area (Å²) in [7, 11) is 1.76. The van der Waals surface area contributed by atoms with Crippen molar-refractivity contribution in [3.63, 3.8) is 0 Å². The Bertz CT molecular complexity index is 581. The predicted molar refractivity (Wildman–Crippen MR) is 95.4 cm³/mol. The molecule has 2 N–H and O–H groups in total. The highest BCUT2D eigenvalue weighted by Gasteiger charge is 2.04. The average molecular weight is 421 g/mol. The maximum absolute atomic E-state index is 5.05. The average Bonchev–Trinajstić information content (AvgIpc) is 3.02. The summed E-state index contributed by atoms with van der Waals surface area (Å²) in [6.45, 7) is 5.39. The van der Waals surface area contributed by atoms with Crippen molar-refractivity contribution in [2.75, 3.05) is 13.6 Å². The summed E-state index contributed by atoms with van der Waals surface area (Å²) < 4.78 is 5.05. The summed E-state index contributed by atoms with van der Waals surface area (Å²) in [5.74, 6) is 2.07. The van der Waals surface area contributed by atoms with Crippen LogP contribution in [0.4, 0.5) is 0 Å². The van der Waals surface area contributed by atoms with Gasteiger partial charge in [0.15, 0.2) is 11.8 Å². The third-order valence-corrected chi connectivity index (χ3v) is 3.65. The number of nitrogens with zero attached hydrogens (tertiary/aromatic N) is 3. The molecule has 0 unspecified atom stereocenters. The van der Waals surface area contributed by atoms with Gasteiger partial charge in [-0.05, 0) is 26.0 Å². The van der Waals surface area contributed by atoms with E-state index in [2.05, 4.69) is 44.8 Å². The van der Waals surface area contributed by atoms with Gasteiger partial charge in [-0.15, -0.1) is 35.3 Å². The van der Waals surface area contributed by atoms with Crippen molar-refractivity contribution in [1.82, 2.24) is 20.8 Å². The molecule has 21 heavy (non-hydrogen) atoms. The molecule has 0 aliphatic carbocycles. The molecule has 0 bridgehead atoms. The molecule has 0 aliphatic rings. The minimum absolute atomic E-state index is 0. The van der Waals surface area contributed by atoms with Crippen LogP contribution in [0.15, 0.2) is 21.6 Å². The van der Waals surface area contributed by atoms with Gasteiger partial charge in [0, 0.05) is 29.8 Å². The Labute approximate surface area is 145 Å². The van der Waals surface area contributed by atoms with E-state index in [-0.39, 0.29) is 24.0 Å². The second-order valence-electron chi connectivity index (χ2n) is 4.35. The van der Waals surface area contributed by atoms with E-state index in [1.54, 1.807) is 18.4 Å². The SMILES string of the molecule is CN=C(NCCc1nc(C)no1)NCc1ccc(C)s1.I. The highest BCUT2D eigenvalue weighted by molar-refractivity contribution is 14.0. The maximum atomic E-state index is 5.05. The number of hydrogen-bond donors (Lipinski definition) is 2. The van der Waals surface area contributed by atoms with Crippen LogP contribution in [0.5, 0.6) is 0 Å². The zero-order chi connectivity index (χ0) is 14.4. The second-order valence-corrected chi connectivity index (χ2v) is 5.72. The first kappa shape index (κ1) is 17.9. The quantitative estimate of drug-likeness (QED) is 0.440. The van der Waals surface area contributed by atoms with E-state index in [0.717, 1.165) is 12.5 Å². The van der Waals surface area contributed by atoms with Gasteiger partial charge in [-0.1, -0.05) is 5.16 Å². The van der Waals surface area contributed by atoms with Crippen LogP contribution < -0.4 is 10.6 Å². The Hall–Kier alpha value is -1.16. The number of hydrogen-bond acceptors (Lipinski definition) is 5. The highest BCUT2D eigenvalue weighted by atomic mass is 127. The molecule has 0 spiro atoms. The number of halogens is 1. The molecule has 0 radical (unpaired) electrons. The van der Waals surface area contributed by atoms with Gasteiger partial charge in [0.05, 0.1) is 6.54 Å². The van der Waals surface area contributed by atoms with Gasteiger partial charge >= 0.3 is 0 Å². The molecule has 116 valence electrons. The number of nitrogens with one attached hydrogen (secondary N) is 2. The van der Waals surface area contributed by atoms with E-state index in [0.29, 0.717) is 24.7 Å². The van der Waals surface area contributed by atoms with Gasteiger partial charge in [0.1, 0.15) is 0 Å². The van der Waals surface area contributed by atoms with Crippen LogP contribution in [0.1, 0.15) is 21.5 Å². The molecule has 2 aromatic rings. The van der Waals surface area contributed by atoms with Crippen LogP contribution >= 0.6 is 35.3 Å². The minimum atomic E-state index is 0. The molecule has 0 atom stereocenters. The van der Waals surface area contributed by atoms with E-state index >= 15 is 0 Å². The molecule has 6 nitrogen and oxygen atoms in total. The monoisotopic (exact) mass is 421 g/mol. The summed E-state index contributed by atoms with van der Waals surface area (Å²) in [5, 5.41) is 10.2. The molecule has 2 aromatic heterocycles. The zero-order valence-electron chi connectivity index (χ0n) is 12.3. The fourth-order valence-corrected chi connectivity index (χ4v) is 2.53. The van der Waals surface area contributed by atoms with Crippen molar-refractivity contribution in [2.24, 2.45) is 4.99 Å². The first-order chi connectivity index (χ1) is 9.67. The summed E-state index contributed by atoms with van der Waals surface area (Å²) in [6, 6.07) is 4.25. The molecule has 0 saturated carbocycles. The molecule has 0 amide bonds. The van der Waals surface area contributed by atoms with E-state index in [1.165, 1.54) is 9.75 Å².